The predicted octanol–water partition coefficient (Wildman–Crippen LogP) is 3.95. The van der Waals surface area contributed by atoms with Crippen molar-refractivity contribution >= 4 is 11.6 Å². The van der Waals surface area contributed by atoms with E-state index in [0.717, 1.165) is 28.1 Å². The van der Waals surface area contributed by atoms with Crippen molar-refractivity contribution in [3.05, 3.63) is 65.4 Å². The molecule has 122 valence electrons. The van der Waals surface area contributed by atoms with Crippen LogP contribution in [0.2, 0.25) is 0 Å². The number of amides is 1. The number of nitrogens with zero attached hydrogens (tertiary/aromatic N) is 1. The molecule has 0 aliphatic heterocycles. The number of hydrogen-bond acceptors (Lipinski definition) is 3. The van der Waals surface area contributed by atoms with E-state index in [2.05, 4.69) is 15.5 Å². The molecule has 1 amide bonds. The van der Waals surface area contributed by atoms with E-state index in [-0.39, 0.29) is 5.91 Å². The summed E-state index contributed by atoms with van der Waals surface area (Å²) in [5, 5.41) is 9.92. The number of hydrogen-bond donors (Lipinski definition) is 2. The lowest BCUT2D eigenvalue weighted by molar-refractivity contribution is 0.102. The van der Waals surface area contributed by atoms with E-state index >= 15 is 0 Å². The average molecular weight is 321 g/mol. The third-order valence-electron chi connectivity index (χ3n) is 3.82. The van der Waals surface area contributed by atoms with Crippen molar-refractivity contribution in [1.82, 2.24) is 10.2 Å². The van der Waals surface area contributed by atoms with Gasteiger partial charge in [0.2, 0.25) is 0 Å². The smallest absolute Gasteiger partial charge is 0.273 e. The van der Waals surface area contributed by atoms with Crippen LogP contribution in [0.5, 0.6) is 5.75 Å². The van der Waals surface area contributed by atoms with Crippen molar-refractivity contribution < 1.29 is 9.53 Å². The fourth-order valence-corrected chi connectivity index (χ4v) is 2.51. The molecular formula is C19H19N3O2. The van der Waals surface area contributed by atoms with Crippen LogP contribution in [0.1, 0.15) is 21.6 Å². The van der Waals surface area contributed by atoms with Crippen LogP contribution in [-0.2, 0) is 0 Å². The third kappa shape index (κ3) is 3.30. The Labute approximate surface area is 140 Å². The van der Waals surface area contributed by atoms with Gasteiger partial charge in [0.1, 0.15) is 11.4 Å². The lowest BCUT2D eigenvalue weighted by atomic mass is 10.1. The Morgan fingerprint density at radius 1 is 1.12 bits per heavy atom. The molecule has 1 aromatic heterocycles. The fraction of sp³-hybridized carbons (Fsp3) is 0.158. The number of H-pyrrole nitrogens is 1. The number of methoxy groups -OCH3 is 1. The molecular weight excluding hydrogens is 302 g/mol. The highest BCUT2D eigenvalue weighted by Gasteiger charge is 2.12. The SMILES string of the molecule is COc1cccc(-c2cc(C(=O)Nc3ccc(C)cc3C)[nH]n2)c1. The van der Waals surface area contributed by atoms with Crippen LogP contribution in [-0.4, -0.2) is 23.2 Å². The number of aromatic amines is 1. The molecule has 24 heavy (non-hydrogen) atoms. The topological polar surface area (TPSA) is 67.0 Å². The van der Waals surface area contributed by atoms with Crippen LogP contribution in [0, 0.1) is 13.8 Å². The van der Waals surface area contributed by atoms with Gasteiger partial charge in [-0.25, -0.2) is 0 Å². The standard InChI is InChI=1S/C19H19N3O2/c1-12-7-8-16(13(2)9-12)20-19(23)18-11-17(21-22-18)14-5-4-6-15(10-14)24-3/h4-11H,1-3H3,(H,20,23)(H,21,22). The second-order valence-electron chi connectivity index (χ2n) is 5.67. The lowest BCUT2D eigenvalue weighted by Crippen LogP contribution is -2.13. The van der Waals surface area contributed by atoms with E-state index in [9.17, 15) is 4.79 Å². The van der Waals surface area contributed by atoms with Gasteiger partial charge in [-0.15, -0.1) is 0 Å². The fourth-order valence-electron chi connectivity index (χ4n) is 2.51. The van der Waals surface area contributed by atoms with E-state index in [1.54, 1.807) is 13.2 Å². The molecule has 0 saturated carbocycles. The maximum absolute atomic E-state index is 12.4. The van der Waals surface area contributed by atoms with Gasteiger partial charge in [-0.3, -0.25) is 9.89 Å². The molecule has 0 bridgehead atoms. The molecule has 5 heteroatoms. The quantitative estimate of drug-likeness (QED) is 0.764. The van der Waals surface area contributed by atoms with Crippen molar-refractivity contribution in [1.29, 1.82) is 0 Å². The summed E-state index contributed by atoms with van der Waals surface area (Å²) in [7, 11) is 1.62. The molecule has 2 aromatic carbocycles. The predicted molar refractivity (Wildman–Crippen MR) is 94.4 cm³/mol. The van der Waals surface area contributed by atoms with Gasteiger partial charge in [0.15, 0.2) is 0 Å². The van der Waals surface area contributed by atoms with Crippen LogP contribution in [0.4, 0.5) is 5.69 Å². The van der Waals surface area contributed by atoms with Gasteiger partial charge in [0, 0.05) is 11.3 Å². The molecule has 3 aromatic rings. The second kappa shape index (κ2) is 6.58. The number of ether oxygens (including phenoxy) is 1. The van der Waals surface area contributed by atoms with E-state index in [1.807, 2.05) is 56.3 Å². The largest absolute Gasteiger partial charge is 0.497 e. The van der Waals surface area contributed by atoms with Crippen molar-refractivity contribution in [2.24, 2.45) is 0 Å². The third-order valence-corrected chi connectivity index (χ3v) is 3.82. The summed E-state index contributed by atoms with van der Waals surface area (Å²) in [5.41, 5.74) is 4.97. The molecule has 0 atom stereocenters. The van der Waals surface area contributed by atoms with Gasteiger partial charge in [0.25, 0.3) is 5.91 Å². The van der Waals surface area contributed by atoms with Gasteiger partial charge in [-0.05, 0) is 43.7 Å². The van der Waals surface area contributed by atoms with Crippen LogP contribution >= 0.6 is 0 Å². The van der Waals surface area contributed by atoms with E-state index in [4.69, 9.17) is 4.74 Å². The molecule has 1 heterocycles. The number of nitrogens with one attached hydrogen (secondary N) is 2. The minimum Gasteiger partial charge on any atom is -0.497 e. The van der Waals surface area contributed by atoms with Crippen molar-refractivity contribution in [2.45, 2.75) is 13.8 Å². The molecule has 0 saturated heterocycles. The normalized spacial score (nSPS) is 10.5. The minimum atomic E-state index is -0.219. The summed E-state index contributed by atoms with van der Waals surface area (Å²) in [4.78, 5) is 12.4. The molecule has 0 radical (unpaired) electrons. The lowest BCUT2D eigenvalue weighted by Gasteiger charge is -2.07. The Hall–Kier alpha value is -3.08. The highest BCUT2D eigenvalue weighted by atomic mass is 16.5. The average Bonchev–Trinajstić information content (AvgIpc) is 3.07. The van der Waals surface area contributed by atoms with Crippen LogP contribution < -0.4 is 10.1 Å². The molecule has 0 aliphatic carbocycles. The first-order valence-electron chi connectivity index (χ1n) is 7.65. The molecule has 5 nitrogen and oxygen atoms in total. The Morgan fingerprint density at radius 3 is 2.71 bits per heavy atom. The molecule has 0 unspecified atom stereocenters. The Bertz CT molecular complexity index is 884. The van der Waals surface area contributed by atoms with Gasteiger partial charge in [0.05, 0.1) is 12.8 Å². The second-order valence-corrected chi connectivity index (χ2v) is 5.67. The number of carbonyl (C=O) groups excluding carboxylic acids is 1. The summed E-state index contributed by atoms with van der Waals surface area (Å²) in [5.74, 6) is 0.528. The molecule has 2 N–H and O–H groups in total. The van der Waals surface area contributed by atoms with Crippen LogP contribution in [0.15, 0.2) is 48.5 Å². The summed E-state index contributed by atoms with van der Waals surface area (Å²) in [6, 6.07) is 15.2. The summed E-state index contributed by atoms with van der Waals surface area (Å²) >= 11 is 0. The Morgan fingerprint density at radius 2 is 1.96 bits per heavy atom. The highest BCUT2D eigenvalue weighted by Crippen LogP contribution is 2.23. The summed E-state index contributed by atoms with van der Waals surface area (Å²) < 4.78 is 5.22. The molecule has 0 aliphatic rings. The highest BCUT2D eigenvalue weighted by molar-refractivity contribution is 6.03. The van der Waals surface area contributed by atoms with Crippen molar-refractivity contribution in [2.75, 3.05) is 12.4 Å². The van der Waals surface area contributed by atoms with Crippen LogP contribution in [0.3, 0.4) is 0 Å². The van der Waals surface area contributed by atoms with Gasteiger partial charge in [-0.1, -0.05) is 29.8 Å². The molecule has 0 fully saturated rings. The zero-order chi connectivity index (χ0) is 17.1. The monoisotopic (exact) mass is 321 g/mol. The Kier molecular flexibility index (Phi) is 4.33. The number of rotatable bonds is 4. The van der Waals surface area contributed by atoms with Crippen molar-refractivity contribution in [3.8, 4) is 17.0 Å². The summed E-state index contributed by atoms with van der Waals surface area (Å²) in [6.07, 6.45) is 0. The first kappa shape index (κ1) is 15.8. The summed E-state index contributed by atoms with van der Waals surface area (Å²) in [6.45, 7) is 3.99. The van der Waals surface area contributed by atoms with Gasteiger partial charge in [-0.2, -0.15) is 5.10 Å². The van der Waals surface area contributed by atoms with Crippen LogP contribution in [0.25, 0.3) is 11.3 Å². The van der Waals surface area contributed by atoms with E-state index in [0.29, 0.717) is 11.4 Å². The number of aromatic nitrogens is 2. The van der Waals surface area contributed by atoms with Gasteiger partial charge < -0.3 is 10.1 Å². The zero-order valence-electron chi connectivity index (χ0n) is 13.9. The maximum Gasteiger partial charge on any atom is 0.273 e. The maximum atomic E-state index is 12.4. The first-order chi connectivity index (χ1) is 11.6. The van der Waals surface area contributed by atoms with Crippen molar-refractivity contribution in [3.63, 3.8) is 0 Å². The Balaban J connectivity index is 1.80. The minimum absolute atomic E-state index is 0.219. The number of aryl methyl sites for hydroxylation is 2. The molecule has 0 spiro atoms. The van der Waals surface area contributed by atoms with E-state index in [1.165, 1.54) is 0 Å². The number of benzene rings is 2. The van der Waals surface area contributed by atoms with E-state index < -0.39 is 0 Å². The number of anilines is 1. The number of carbonyl (C=O) groups is 1. The molecule has 3 rings (SSSR count). The van der Waals surface area contributed by atoms with Gasteiger partial charge >= 0.3 is 0 Å². The first-order valence-corrected chi connectivity index (χ1v) is 7.65. The zero-order valence-corrected chi connectivity index (χ0v) is 13.9.